The SMILES string of the molecule is [2H]c1c([2H])c([2H])c2c(c1[2H])c1c([2H])c([2H])c3c4c([2H])c([2H])c([2H])c([2H])c4n(-c4cccc5oc6cccc(-c7ccccc7)c6c45)c3c1n2-c1nc(-c2ccccc2)nc(-c2ccccc2)n1. The minimum atomic E-state index is -0.559. The van der Waals surface area contributed by atoms with Crippen LogP contribution in [-0.2, 0) is 0 Å². The number of fused-ring (bicyclic) bond motifs is 10. The summed E-state index contributed by atoms with van der Waals surface area (Å²) in [5.74, 6) is 0.400. The van der Waals surface area contributed by atoms with Gasteiger partial charge in [-0.25, -0.2) is 4.98 Å². The van der Waals surface area contributed by atoms with Gasteiger partial charge in [0.2, 0.25) is 5.95 Å². The maximum absolute atomic E-state index is 9.82. The van der Waals surface area contributed by atoms with Crippen molar-refractivity contribution in [2.75, 3.05) is 0 Å². The minimum absolute atomic E-state index is 0.00222. The zero-order valence-electron chi connectivity index (χ0n) is 39.8. The van der Waals surface area contributed by atoms with E-state index in [0.717, 1.165) is 11.1 Å². The van der Waals surface area contributed by atoms with E-state index in [-0.39, 0.29) is 61.2 Å². The van der Waals surface area contributed by atoms with Crippen molar-refractivity contribution in [2.24, 2.45) is 0 Å². The number of rotatable bonds is 5. The van der Waals surface area contributed by atoms with E-state index in [1.165, 1.54) is 4.57 Å². The fourth-order valence-corrected chi connectivity index (χ4v) is 8.04. The monoisotopic (exact) mass is 739 g/mol. The largest absolute Gasteiger partial charge is 0.456 e. The molecule has 57 heavy (non-hydrogen) atoms. The molecule has 0 saturated carbocycles. The van der Waals surface area contributed by atoms with Crippen molar-refractivity contribution in [1.29, 1.82) is 0 Å². The molecule has 6 heteroatoms. The predicted octanol–water partition coefficient (Wildman–Crippen LogP) is 13.0. The third-order valence-electron chi connectivity index (χ3n) is 10.5. The first kappa shape index (κ1) is 23.2. The molecule has 12 aromatic rings. The fourth-order valence-electron chi connectivity index (χ4n) is 8.04. The van der Waals surface area contributed by atoms with Gasteiger partial charge in [0.1, 0.15) is 11.2 Å². The van der Waals surface area contributed by atoms with Gasteiger partial charge in [-0.15, -0.1) is 0 Å². The van der Waals surface area contributed by atoms with E-state index in [4.69, 9.17) is 24.9 Å². The van der Waals surface area contributed by atoms with Crippen LogP contribution in [0.2, 0.25) is 0 Å². The molecule has 0 atom stereocenters. The topological polar surface area (TPSA) is 61.7 Å². The van der Waals surface area contributed by atoms with Crippen molar-refractivity contribution in [3.8, 4) is 45.5 Å². The van der Waals surface area contributed by atoms with Crippen LogP contribution in [0.5, 0.6) is 0 Å². The van der Waals surface area contributed by atoms with Crippen molar-refractivity contribution >= 4 is 65.6 Å². The van der Waals surface area contributed by atoms with Crippen molar-refractivity contribution in [3.63, 3.8) is 0 Å². The van der Waals surface area contributed by atoms with Crippen LogP contribution < -0.4 is 0 Å². The minimum Gasteiger partial charge on any atom is -0.456 e. The molecule has 8 aromatic carbocycles. The predicted molar refractivity (Wildman–Crippen MR) is 232 cm³/mol. The second-order valence-corrected chi connectivity index (χ2v) is 13.6. The van der Waals surface area contributed by atoms with Gasteiger partial charge in [-0.3, -0.25) is 4.57 Å². The highest BCUT2D eigenvalue weighted by Crippen LogP contribution is 2.45. The molecule has 0 aliphatic heterocycles. The highest BCUT2D eigenvalue weighted by Gasteiger charge is 2.25. The Labute approximate surface area is 340 Å². The maximum Gasteiger partial charge on any atom is 0.238 e. The second kappa shape index (κ2) is 12.3. The molecular formula is C51H31N5O. The highest BCUT2D eigenvalue weighted by molar-refractivity contribution is 6.25. The van der Waals surface area contributed by atoms with E-state index in [2.05, 4.69) is 0 Å². The Kier molecular flexibility index (Phi) is 5.02. The highest BCUT2D eigenvalue weighted by atomic mass is 16.3. The lowest BCUT2D eigenvalue weighted by Gasteiger charge is -2.14. The van der Waals surface area contributed by atoms with Gasteiger partial charge in [-0.05, 0) is 41.4 Å². The van der Waals surface area contributed by atoms with E-state index in [9.17, 15) is 8.22 Å². The van der Waals surface area contributed by atoms with Crippen LogP contribution in [-0.4, -0.2) is 24.1 Å². The molecule has 6 nitrogen and oxygen atoms in total. The third-order valence-corrected chi connectivity index (χ3v) is 10.5. The van der Waals surface area contributed by atoms with E-state index in [1.54, 1.807) is 16.7 Å². The van der Waals surface area contributed by atoms with Gasteiger partial charge in [-0.2, -0.15) is 9.97 Å². The molecule has 4 heterocycles. The van der Waals surface area contributed by atoms with Gasteiger partial charge in [0.15, 0.2) is 11.6 Å². The van der Waals surface area contributed by atoms with E-state index < -0.39 is 60.4 Å². The van der Waals surface area contributed by atoms with Crippen molar-refractivity contribution < 1.29 is 18.1 Å². The number of benzene rings is 8. The molecular weight excluding hydrogens is 699 g/mol. The third kappa shape index (κ3) is 4.74. The summed E-state index contributed by atoms with van der Waals surface area (Å²) in [7, 11) is 0. The Morgan fingerprint density at radius 3 is 1.54 bits per heavy atom. The van der Waals surface area contributed by atoms with Crippen LogP contribution in [0, 0.1) is 0 Å². The average Bonchev–Trinajstić information content (AvgIpc) is 4.05. The van der Waals surface area contributed by atoms with E-state index in [0.29, 0.717) is 38.8 Å². The molecule has 0 unspecified atom stereocenters. The van der Waals surface area contributed by atoms with Gasteiger partial charge in [0, 0.05) is 38.1 Å². The summed E-state index contributed by atoms with van der Waals surface area (Å²) in [5.41, 5.74) is 4.50. The van der Waals surface area contributed by atoms with Gasteiger partial charge in [-0.1, -0.05) is 158 Å². The van der Waals surface area contributed by atoms with Gasteiger partial charge < -0.3 is 8.98 Å². The molecule has 0 radical (unpaired) electrons. The second-order valence-electron chi connectivity index (χ2n) is 13.6. The number of furan rings is 1. The molecule has 0 aliphatic rings. The van der Waals surface area contributed by atoms with Crippen molar-refractivity contribution in [1.82, 2.24) is 24.1 Å². The molecule has 0 spiro atoms. The summed E-state index contributed by atoms with van der Waals surface area (Å²) < 4.78 is 103. The average molecular weight is 740 g/mol. The molecule has 4 aromatic heterocycles. The van der Waals surface area contributed by atoms with Gasteiger partial charge in [0.05, 0.1) is 46.8 Å². The molecule has 0 aliphatic carbocycles. The molecule has 0 bridgehead atoms. The number of hydrogen-bond acceptors (Lipinski definition) is 4. The summed E-state index contributed by atoms with van der Waals surface area (Å²) in [5, 5.41) is 1.16. The lowest BCUT2D eigenvalue weighted by atomic mass is 9.99. The van der Waals surface area contributed by atoms with Crippen LogP contribution in [0.25, 0.3) is 111 Å². The molecule has 0 N–H and O–H groups in total. The summed E-state index contributed by atoms with van der Waals surface area (Å²) in [6.45, 7) is 0. The smallest absolute Gasteiger partial charge is 0.238 e. The number of para-hydroxylation sites is 2. The quantitative estimate of drug-likeness (QED) is 0.176. The summed E-state index contributed by atoms with van der Waals surface area (Å²) >= 11 is 0. The van der Waals surface area contributed by atoms with Crippen molar-refractivity contribution in [3.05, 3.63) is 188 Å². The van der Waals surface area contributed by atoms with Crippen LogP contribution in [0.4, 0.5) is 0 Å². The Morgan fingerprint density at radius 1 is 0.421 bits per heavy atom. The standard InChI is InChI=1S/C51H31N5O/c1-4-16-32(17-5-1)35-24-14-28-43-45(35)46-42(27-15-29-44(46)57-43)55-40-25-12-10-22-36(40)38-30-31-39-37-23-11-13-26-41(37)56(48(39)47(38)55)51-53-49(33-18-6-2-7-19-33)52-50(54-51)34-20-8-3-9-21-34/h1-31H/i10D,11D,12D,13D,22D,23D,25D,26D,30D,31D. The number of aromatic nitrogens is 5. The summed E-state index contributed by atoms with van der Waals surface area (Å²) in [6.07, 6.45) is 0. The lowest BCUT2D eigenvalue weighted by Crippen LogP contribution is -2.07. The van der Waals surface area contributed by atoms with E-state index in [1.807, 2.05) is 115 Å². The van der Waals surface area contributed by atoms with Gasteiger partial charge in [0.25, 0.3) is 0 Å². The normalized spacial score (nSPS) is 14.3. The lowest BCUT2D eigenvalue weighted by molar-refractivity contribution is 0.669. The van der Waals surface area contributed by atoms with Gasteiger partial charge >= 0.3 is 0 Å². The summed E-state index contributed by atoms with van der Waals surface area (Å²) in [6, 6.07) is 34.4. The maximum atomic E-state index is 9.82. The molecule has 266 valence electrons. The molecule has 0 amide bonds. The summed E-state index contributed by atoms with van der Waals surface area (Å²) in [4.78, 5) is 14.9. The van der Waals surface area contributed by atoms with E-state index >= 15 is 0 Å². The Hall–Kier alpha value is -7.83. The number of nitrogens with zero attached hydrogens (tertiary/aromatic N) is 5. The van der Waals surface area contributed by atoms with Crippen LogP contribution in [0.3, 0.4) is 0 Å². The first-order valence-electron chi connectivity index (χ1n) is 23.3. The fraction of sp³-hybridized carbons (Fsp3) is 0. The zero-order valence-corrected chi connectivity index (χ0v) is 29.8. The van der Waals surface area contributed by atoms with Crippen LogP contribution in [0.1, 0.15) is 13.7 Å². The molecule has 0 saturated heterocycles. The first-order valence-corrected chi connectivity index (χ1v) is 18.3. The zero-order chi connectivity index (χ0) is 46.2. The molecule has 12 rings (SSSR count). The van der Waals surface area contributed by atoms with Crippen LogP contribution in [0.15, 0.2) is 192 Å². The van der Waals surface area contributed by atoms with Crippen molar-refractivity contribution in [2.45, 2.75) is 0 Å². The molecule has 0 fully saturated rings. The van der Waals surface area contributed by atoms with Crippen LogP contribution >= 0.6 is 0 Å². The Balaban J connectivity index is 1.38. The Bertz CT molecular complexity index is 4040. The Morgan fingerprint density at radius 2 is 0.930 bits per heavy atom. The number of hydrogen-bond donors (Lipinski definition) is 0. The first-order chi connectivity index (χ1) is 32.5.